The van der Waals surface area contributed by atoms with Crippen molar-refractivity contribution in [2.75, 3.05) is 26.0 Å². The number of rotatable bonds is 7. The van der Waals surface area contributed by atoms with Crippen molar-refractivity contribution < 1.29 is 4.79 Å². The predicted molar refractivity (Wildman–Crippen MR) is 118 cm³/mol. The summed E-state index contributed by atoms with van der Waals surface area (Å²) in [5, 5.41) is 9.95. The molecule has 0 saturated carbocycles. The lowest BCUT2D eigenvalue weighted by atomic mass is 10.1. The van der Waals surface area contributed by atoms with Crippen molar-refractivity contribution >= 4 is 11.6 Å². The van der Waals surface area contributed by atoms with Crippen LogP contribution in [0.1, 0.15) is 41.6 Å². The van der Waals surface area contributed by atoms with Crippen molar-refractivity contribution in [3.8, 4) is 11.4 Å². The molecular formula is C22H28N6O2. The molecule has 8 heteroatoms. The standard InChI is InChI=1S/C22H28N6O2/c1-6-18-24-20(26-25-18)16-8-7-9-17(12-16)23-21(29)19-14(2)10-11-28(22(19)30)15(3)13-27(4)5/h7-12,15H,6,13H2,1-5H3,(H,23,29)(H,24,25,26). The van der Waals surface area contributed by atoms with Crippen molar-refractivity contribution in [2.24, 2.45) is 0 Å². The summed E-state index contributed by atoms with van der Waals surface area (Å²) in [6, 6.07) is 9.02. The number of nitrogens with zero attached hydrogens (tertiary/aromatic N) is 4. The van der Waals surface area contributed by atoms with Crippen LogP contribution in [0, 0.1) is 6.92 Å². The fraction of sp³-hybridized carbons (Fsp3) is 0.364. The van der Waals surface area contributed by atoms with E-state index in [4.69, 9.17) is 0 Å². The zero-order chi connectivity index (χ0) is 21.8. The molecule has 0 radical (unpaired) electrons. The third-order valence-corrected chi connectivity index (χ3v) is 4.90. The lowest BCUT2D eigenvalue weighted by molar-refractivity contribution is 0.102. The van der Waals surface area contributed by atoms with E-state index < -0.39 is 5.91 Å². The molecule has 0 aliphatic heterocycles. The Morgan fingerprint density at radius 2 is 2.07 bits per heavy atom. The molecule has 1 atom stereocenters. The van der Waals surface area contributed by atoms with Crippen LogP contribution in [0.4, 0.5) is 5.69 Å². The van der Waals surface area contributed by atoms with E-state index in [-0.39, 0.29) is 17.2 Å². The lowest BCUT2D eigenvalue weighted by Crippen LogP contribution is -2.34. The number of hydrogen-bond acceptors (Lipinski definition) is 5. The molecule has 2 aromatic heterocycles. The Morgan fingerprint density at radius 1 is 1.30 bits per heavy atom. The van der Waals surface area contributed by atoms with Crippen LogP contribution in [0.25, 0.3) is 11.4 Å². The van der Waals surface area contributed by atoms with Gasteiger partial charge in [-0.15, -0.1) is 0 Å². The second kappa shape index (κ2) is 9.04. The van der Waals surface area contributed by atoms with E-state index >= 15 is 0 Å². The topological polar surface area (TPSA) is 95.9 Å². The maximum atomic E-state index is 13.0. The number of likely N-dealkylation sites (N-methyl/N-ethyl adjacent to an activating group) is 1. The normalized spacial score (nSPS) is 12.2. The summed E-state index contributed by atoms with van der Waals surface area (Å²) >= 11 is 0. The molecule has 3 aromatic rings. The van der Waals surface area contributed by atoms with Gasteiger partial charge in [-0.1, -0.05) is 19.1 Å². The van der Waals surface area contributed by atoms with E-state index in [0.29, 0.717) is 23.6 Å². The van der Waals surface area contributed by atoms with Gasteiger partial charge in [-0.2, -0.15) is 5.10 Å². The number of amides is 1. The number of pyridine rings is 1. The van der Waals surface area contributed by atoms with Crippen molar-refractivity contribution in [2.45, 2.75) is 33.2 Å². The van der Waals surface area contributed by atoms with E-state index in [1.54, 1.807) is 35.9 Å². The average molecular weight is 409 g/mol. The van der Waals surface area contributed by atoms with E-state index in [9.17, 15) is 9.59 Å². The molecule has 1 amide bonds. The SMILES string of the molecule is CCc1nc(-c2cccc(NC(=O)c3c(C)ccn(C(C)CN(C)C)c3=O)c2)n[nH]1. The Bertz CT molecular complexity index is 1100. The van der Waals surface area contributed by atoms with Gasteiger partial charge in [0.25, 0.3) is 11.5 Å². The second-order valence-electron chi connectivity index (χ2n) is 7.69. The predicted octanol–water partition coefficient (Wildman–Crippen LogP) is 2.88. The molecule has 1 unspecified atom stereocenters. The Kier molecular flexibility index (Phi) is 6.47. The zero-order valence-electron chi connectivity index (χ0n) is 18.1. The zero-order valence-corrected chi connectivity index (χ0v) is 18.1. The lowest BCUT2D eigenvalue weighted by Gasteiger charge is -2.20. The highest BCUT2D eigenvalue weighted by atomic mass is 16.2. The number of benzene rings is 1. The number of carbonyl (C=O) groups is 1. The van der Waals surface area contributed by atoms with E-state index in [2.05, 4.69) is 20.5 Å². The van der Waals surface area contributed by atoms with Crippen LogP contribution in [0.3, 0.4) is 0 Å². The minimum absolute atomic E-state index is 0.0542. The van der Waals surface area contributed by atoms with Crippen molar-refractivity contribution in [3.63, 3.8) is 0 Å². The molecule has 0 spiro atoms. The molecule has 2 heterocycles. The van der Waals surface area contributed by atoms with E-state index in [1.165, 1.54) is 0 Å². The van der Waals surface area contributed by atoms with Crippen LogP contribution in [0.2, 0.25) is 0 Å². The van der Waals surface area contributed by atoms with Crippen LogP contribution in [0.15, 0.2) is 41.3 Å². The number of carbonyl (C=O) groups excluding carboxylic acids is 1. The molecule has 0 aliphatic carbocycles. The van der Waals surface area contributed by atoms with Crippen molar-refractivity contribution in [3.05, 3.63) is 63.8 Å². The van der Waals surface area contributed by atoms with Gasteiger partial charge in [-0.3, -0.25) is 14.7 Å². The summed E-state index contributed by atoms with van der Waals surface area (Å²) in [5.41, 5.74) is 1.86. The van der Waals surface area contributed by atoms with Gasteiger partial charge >= 0.3 is 0 Å². The Balaban J connectivity index is 1.87. The summed E-state index contributed by atoms with van der Waals surface area (Å²) < 4.78 is 1.61. The van der Waals surface area contributed by atoms with Crippen molar-refractivity contribution in [1.82, 2.24) is 24.6 Å². The summed E-state index contributed by atoms with van der Waals surface area (Å²) in [7, 11) is 3.90. The molecule has 3 rings (SSSR count). The molecule has 2 N–H and O–H groups in total. The Hall–Kier alpha value is -3.26. The van der Waals surface area contributed by atoms with Crippen LogP contribution >= 0.6 is 0 Å². The average Bonchev–Trinajstić information content (AvgIpc) is 3.17. The first kappa shape index (κ1) is 21.4. The molecule has 0 aliphatic rings. The quantitative estimate of drug-likeness (QED) is 0.627. The van der Waals surface area contributed by atoms with Gasteiger partial charge in [0.2, 0.25) is 0 Å². The fourth-order valence-electron chi connectivity index (χ4n) is 3.39. The summed E-state index contributed by atoms with van der Waals surface area (Å²) in [5.74, 6) is 0.940. The maximum absolute atomic E-state index is 13.0. The van der Waals surface area contributed by atoms with Crippen molar-refractivity contribution in [1.29, 1.82) is 0 Å². The number of hydrogen-bond donors (Lipinski definition) is 2. The van der Waals surface area contributed by atoms with Crippen LogP contribution in [-0.4, -0.2) is 51.2 Å². The number of aromatic amines is 1. The first-order chi connectivity index (χ1) is 14.3. The number of aromatic nitrogens is 4. The minimum atomic E-state index is -0.426. The molecule has 158 valence electrons. The smallest absolute Gasteiger partial charge is 0.263 e. The van der Waals surface area contributed by atoms with Crippen LogP contribution in [0.5, 0.6) is 0 Å². The number of anilines is 1. The van der Waals surface area contributed by atoms with E-state index in [0.717, 1.165) is 17.8 Å². The molecule has 0 saturated heterocycles. The third-order valence-electron chi connectivity index (χ3n) is 4.90. The van der Waals surface area contributed by atoms with Gasteiger partial charge in [0.15, 0.2) is 5.82 Å². The summed E-state index contributed by atoms with van der Waals surface area (Å²) in [6.45, 7) is 6.43. The maximum Gasteiger partial charge on any atom is 0.263 e. The fourth-order valence-corrected chi connectivity index (χ4v) is 3.39. The van der Waals surface area contributed by atoms with Crippen LogP contribution < -0.4 is 10.9 Å². The molecule has 8 nitrogen and oxygen atoms in total. The number of aryl methyl sites for hydroxylation is 2. The minimum Gasteiger partial charge on any atom is -0.322 e. The molecule has 0 fully saturated rings. The highest BCUT2D eigenvalue weighted by Gasteiger charge is 2.19. The third kappa shape index (κ3) is 4.65. The Morgan fingerprint density at radius 3 is 2.73 bits per heavy atom. The monoisotopic (exact) mass is 408 g/mol. The van der Waals surface area contributed by atoms with Gasteiger partial charge in [0, 0.05) is 36.5 Å². The van der Waals surface area contributed by atoms with Crippen LogP contribution in [-0.2, 0) is 6.42 Å². The molecule has 0 bridgehead atoms. The highest BCUT2D eigenvalue weighted by molar-refractivity contribution is 6.05. The van der Waals surface area contributed by atoms with Gasteiger partial charge in [0.1, 0.15) is 11.4 Å². The van der Waals surface area contributed by atoms with Gasteiger partial charge in [-0.25, -0.2) is 4.98 Å². The van der Waals surface area contributed by atoms with Gasteiger partial charge < -0.3 is 14.8 Å². The summed E-state index contributed by atoms with van der Waals surface area (Å²) in [4.78, 5) is 32.4. The van der Waals surface area contributed by atoms with Gasteiger partial charge in [-0.05, 0) is 51.7 Å². The molecule has 30 heavy (non-hydrogen) atoms. The second-order valence-corrected chi connectivity index (χ2v) is 7.69. The molecule has 1 aromatic carbocycles. The first-order valence-electron chi connectivity index (χ1n) is 9.99. The van der Waals surface area contributed by atoms with Gasteiger partial charge in [0.05, 0.1) is 0 Å². The molecular weight excluding hydrogens is 380 g/mol. The largest absolute Gasteiger partial charge is 0.322 e. The number of H-pyrrole nitrogens is 1. The summed E-state index contributed by atoms with van der Waals surface area (Å²) in [6.07, 6.45) is 2.51. The highest BCUT2D eigenvalue weighted by Crippen LogP contribution is 2.20. The first-order valence-corrected chi connectivity index (χ1v) is 9.99. The number of nitrogens with one attached hydrogen (secondary N) is 2. The Labute approximate surface area is 176 Å². The van der Waals surface area contributed by atoms with E-state index in [1.807, 2.05) is 45.0 Å².